The molecule has 2 rings (SSSR count). The van der Waals surface area contributed by atoms with Gasteiger partial charge in [0.05, 0.1) is 6.61 Å². The first-order chi connectivity index (χ1) is 7.33. The van der Waals surface area contributed by atoms with E-state index >= 15 is 0 Å². The minimum absolute atomic E-state index is 0.000193. The van der Waals surface area contributed by atoms with E-state index in [2.05, 4.69) is 9.59 Å². The van der Waals surface area contributed by atoms with E-state index in [1.165, 1.54) is 11.5 Å². The molecule has 0 bridgehead atoms. The van der Waals surface area contributed by atoms with Crippen molar-refractivity contribution >= 4 is 17.4 Å². The van der Waals surface area contributed by atoms with Gasteiger partial charge in [-0.15, -0.1) is 5.10 Å². The standard InChI is InChI=1S/C9H13N3O2S/c13-5-4-12(7-2-1-3-7)9(14)8-6-15-11-10-8/h6-7,13H,1-5H2. The average molecular weight is 227 g/mol. The summed E-state index contributed by atoms with van der Waals surface area (Å²) in [7, 11) is 0. The summed E-state index contributed by atoms with van der Waals surface area (Å²) in [6.45, 7) is 0.390. The van der Waals surface area contributed by atoms with Gasteiger partial charge in [0.1, 0.15) is 0 Å². The third-order valence-corrected chi connectivity index (χ3v) is 3.20. The highest BCUT2D eigenvalue weighted by atomic mass is 32.1. The molecule has 0 unspecified atom stereocenters. The van der Waals surface area contributed by atoms with E-state index in [1.54, 1.807) is 10.3 Å². The molecular formula is C9H13N3O2S. The van der Waals surface area contributed by atoms with Crippen LogP contribution in [0, 0.1) is 0 Å². The molecule has 0 radical (unpaired) electrons. The van der Waals surface area contributed by atoms with Gasteiger partial charge in [-0.1, -0.05) is 4.49 Å². The second kappa shape index (κ2) is 4.67. The Morgan fingerprint density at radius 2 is 2.47 bits per heavy atom. The molecule has 1 aromatic rings. The van der Waals surface area contributed by atoms with Crippen molar-refractivity contribution in [1.82, 2.24) is 14.5 Å². The van der Waals surface area contributed by atoms with Gasteiger partial charge in [-0.2, -0.15) is 0 Å². The molecule has 1 amide bonds. The number of carbonyl (C=O) groups excluding carboxylic acids is 1. The minimum Gasteiger partial charge on any atom is -0.395 e. The first kappa shape index (κ1) is 10.5. The Hall–Kier alpha value is -1.01. The molecule has 5 nitrogen and oxygen atoms in total. The van der Waals surface area contributed by atoms with Crippen LogP contribution in [0.25, 0.3) is 0 Å². The number of hydrogen-bond donors (Lipinski definition) is 1. The Labute approximate surface area is 91.9 Å². The van der Waals surface area contributed by atoms with Gasteiger partial charge in [0, 0.05) is 18.0 Å². The van der Waals surface area contributed by atoms with Crippen molar-refractivity contribution in [3.63, 3.8) is 0 Å². The van der Waals surface area contributed by atoms with Gasteiger partial charge < -0.3 is 10.0 Å². The first-order valence-electron chi connectivity index (χ1n) is 5.02. The molecule has 1 aliphatic carbocycles. The molecule has 1 saturated carbocycles. The van der Waals surface area contributed by atoms with Gasteiger partial charge in [0.15, 0.2) is 5.69 Å². The van der Waals surface area contributed by atoms with Gasteiger partial charge in [0.25, 0.3) is 5.91 Å². The molecule has 1 N–H and O–H groups in total. The van der Waals surface area contributed by atoms with Crippen molar-refractivity contribution in [2.24, 2.45) is 0 Å². The fraction of sp³-hybridized carbons (Fsp3) is 0.667. The summed E-state index contributed by atoms with van der Waals surface area (Å²) in [6, 6.07) is 0.284. The molecular weight excluding hydrogens is 214 g/mol. The topological polar surface area (TPSA) is 66.3 Å². The molecule has 0 spiro atoms. The molecule has 82 valence electrons. The van der Waals surface area contributed by atoms with Crippen molar-refractivity contribution in [2.45, 2.75) is 25.3 Å². The zero-order chi connectivity index (χ0) is 10.7. The third kappa shape index (κ3) is 2.15. The summed E-state index contributed by atoms with van der Waals surface area (Å²) >= 11 is 1.17. The summed E-state index contributed by atoms with van der Waals surface area (Å²) < 4.78 is 3.67. The monoisotopic (exact) mass is 227 g/mol. The second-order valence-corrected chi connectivity index (χ2v) is 4.21. The van der Waals surface area contributed by atoms with E-state index in [1.807, 2.05) is 0 Å². The van der Waals surface area contributed by atoms with E-state index in [0.29, 0.717) is 12.2 Å². The number of nitrogens with zero attached hydrogens (tertiary/aromatic N) is 3. The summed E-state index contributed by atoms with van der Waals surface area (Å²) in [5.41, 5.74) is 0.389. The highest BCUT2D eigenvalue weighted by Gasteiger charge is 2.29. The first-order valence-corrected chi connectivity index (χ1v) is 5.85. The number of hydrogen-bond acceptors (Lipinski definition) is 5. The SMILES string of the molecule is O=C(c1csnn1)N(CCO)C1CCC1. The Kier molecular flexibility index (Phi) is 3.27. The van der Waals surface area contributed by atoms with Gasteiger partial charge >= 0.3 is 0 Å². The van der Waals surface area contributed by atoms with Crippen molar-refractivity contribution in [3.8, 4) is 0 Å². The van der Waals surface area contributed by atoms with Crippen LogP contribution in [0.15, 0.2) is 5.38 Å². The van der Waals surface area contributed by atoms with Crippen LogP contribution in [0.2, 0.25) is 0 Å². The predicted molar refractivity (Wildman–Crippen MR) is 55.7 cm³/mol. The summed E-state index contributed by atoms with van der Waals surface area (Å²) in [5, 5.41) is 14.3. The number of carbonyl (C=O) groups is 1. The zero-order valence-electron chi connectivity index (χ0n) is 8.30. The molecule has 1 fully saturated rings. The second-order valence-electron chi connectivity index (χ2n) is 3.60. The fourth-order valence-corrected chi connectivity index (χ4v) is 2.09. The van der Waals surface area contributed by atoms with E-state index in [9.17, 15) is 4.79 Å². The molecule has 0 aliphatic heterocycles. The van der Waals surface area contributed by atoms with Crippen molar-refractivity contribution in [2.75, 3.05) is 13.2 Å². The maximum Gasteiger partial charge on any atom is 0.275 e. The van der Waals surface area contributed by atoms with E-state index in [0.717, 1.165) is 19.3 Å². The smallest absolute Gasteiger partial charge is 0.275 e. The minimum atomic E-state index is -0.109. The molecule has 1 heterocycles. The summed E-state index contributed by atoms with van der Waals surface area (Å²) in [4.78, 5) is 13.7. The largest absolute Gasteiger partial charge is 0.395 e. The Balaban J connectivity index is 2.06. The average Bonchev–Trinajstić information content (AvgIpc) is 2.66. The molecule has 1 aliphatic rings. The lowest BCUT2D eigenvalue weighted by Crippen LogP contribution is -2.45. The van der Waals surface area contributed by atoms with Crippen LogP contribution in [0.5, 0.6) is 0 Å². The zero-order valence-corrected chi connectivity index (χ0v) is 9.11. The number of amides is 1. The summed E-state index contributed by atoms with van der Waals surface area (Å²) in [5.74, 6) is -0.109. The molecule has 0 atom stereocenters. The summed E-state index contributed by atoms with van der Waals surface area (Å²) in [6.07, 6.45) is 3.22. The van der Waals surface area contributed by atoms with Crippen LogP contribution in [-0.2, 0) is 0 Å². The van der Waals surface area contributed by atoms with E-state index < -0.39 is 0 Å². The van der Waals surface area contributed by atoms with Crippen molar-refractivity contribution < 1.29 is 9.90 Å². The quantitative estimate of drug-likeness (QED) is 0.814. The number of aromatic nitrogens is 2. The Morgan fingerprint density at radius 1 is 1.67 bits per heavy atom. The van der Waals surface area contributed by atoms with Gasteiger partial charge in [0.2, 0.25) is 0 Å². The number of aliphatic hydroxyl groups excluding tert-OH is 1. The molecule has 0 aromatic carbocycles. The maximum absolute atomic E-state index is 11.9. The lowest BCUT2D eigenvalue weighted by molar-refractivity contribution is 0.0520. The van der Waals surface area contributed by atoms with Crippen molar-refractivity contribution in [3.05, 3.63) is 11.1 Å². The molecule has 6 heteroatoms. The van der Waals surface area contributed by atoms with Crippen LogP contribution in [-0.4, -0.2) is 44.7 Å². The molecule has 15 heavy (non-hydrogen) atoms. The van der Waals surface area contributed by atoms with E-state index in [-0.39, 0.29) is 18.6 Å². The fourth-order valence-electron chi connectivity index (χ4n) is 1.66. The van der Waals surface area contributed by atoms with Crippen LogP contribution < -0.4 is 0 Å². The van der Waals surface area contributed by atoms with Gasteiger partial charge in [-0.3, -0.25) is 4.79 Å². The van der Waals surface area contributed by atoms with Gasteiger partial charge in [-0.05, 0) is 30.8 Å². The van der Waals surface area contributed by atoms with Crippen LogP contribution in [0.4, 0.5) is 0 Å². The highest BCUT2D eigenvalue weighted by molar-refractivity contribution is 7.03. The number of aliphatic hydroxyl groups is 1. The lowest BCUT2D eigenvalue weighted by atomic mass is 9.91. The van der Waals surface area contributed by atoms with Crippen molar-refractivity contribution in [1.29, 1.82) is 0 Å². The van der Waals surface area contributed by atoms with Gasteiger partial charge in [-0.25, -0.2) is 0 Å². The van der Waals surface area contributed by atoms with Crippen LogP contribution in [0.1, 0.15) is 29.8 Å². The number of rotatable bonds is 4. The Bertz CT molecular complexity index is 324. The molecule has 1 aromatic heterocycles. The normalized spacial score (nSPS) is 16.1. The Morgan fingerprint density at radius 3 is 2.93 bits per heavy atom. The third-order valence-electron chi connectivity index (χ3n) is 2.70. The highest BCUT2D eigenvalue weighted by Crippen LogP contribution is 2.25. The van der Waals surface area contributed by atoms with Crippen LogP contribution in [0.3, 0.4) is 0 Å². The lowest BCUT2D eigenvalue weighted by Gasteiger charge is -2.36. The maximum atomic E-state index is 11.9. The van der Waals surface area contributed by atoms with Crippen LogP contribution >= 0.6 is 11.5 Å². The van der Waals surface area contributed by atoms with E-state index in [4.69, 9.17) is 5.11 Å². The molecule has 0 saturated heterocycles. The predicted octanol–water partition coefficient (Wildman–Crippen LogP) is 0.525.